The van der Waals surface area contributed by atoms with Crippen molar-refractivity contribution in [1.82, 2.24) is 25.0 Å². The topological polar surface area (TPSA) is 78.3 Å². The van der Waals surface area contributed by atoms with E-state index in [0.717, 1.165) is 37.6 Å². The minimum Gasteiger partial charge on any atom is -0.468 e. The van der Waals surface area contributed by atoms with Crippen LogP contribution in [0.5, 0.6) is 0 Å². The Balaban J connectivity index is 1.54. The first kappa shape index (κ1) is 13.8. The lowest BCUT2D eigenvalue weighted by molar-refractivity contribution is 0.0609. The van der Waals surface area contributed by atoms with E-state index in [1.807, 2.05) is 19.1 Å². The third-order valence-corrected chi connectivity index (χ3v) is 3.68. The van der Waals surface area contributed by atoms with Gasteiger partial charge in [0.05, 0.1) is 12.8 Å². The lowest BCUT2D eigenvalue weighted by Crippen LogP contribution is -2.48. The molecular formula is C14H19N5O2. The molecule has 1 aliphatic heterocycles. The predicted octanol–water partition coefficient (Wildman–Crippen LogP) is 0.918. The average Bonchev–Trinajstić information content (AvgIpc) is 3.18. The molecule has 0 aromatic carbocycles. The van der Waals surface area contributed by atoms with Gasteiger partial charge >= 0.3 is 0 Å². The third kappa shape index (κ3) is 3.13. The maximum Gasteiger partial charge on any atom is 0.293 e. The first-order valence-corrected chi connectivity index (χ1v) is 7.21. The number of carbonyl (C=O) groups is 1. The zero-order chi connectivity index (χ0) is 14.7. The van der Waals surface area contributed by atoms with Gasteiger partial charge in [0.1, 0.15) is 11.6 Å². The third-order valence-electron chi connectivity index (χ3n) is 3.68. The van der Waals surface area contributed by atoms with Crippen LogP contribution in [0.15, 0.2) is 22.8 Å². The van der Waals surface area contributed by atoms with Crippen molar-refractivity contribution in [2.24, 2.45) is 0 Å². The maximum atomic E-state index is 12.3. The number of rotatable bonds is 4. The van der Waals surface area contributed by atoms with E-state index in [1.165, 1.54) is 0 Å². The van der Waals surface area contributed by atoms with E-state index in [2.05, 4.69) is 20.1 Å². The predicted molar refractivity (Wildman–Crippen MR) is 75.6 cm³/mol. The Hall–Kier alpha value is -2.15. The number of aromatic nitrogens is 3. The summed E-state index contributed by atoms with van der Waals surface area (Å²) in [5, 5.41) is 6.77. The fourth-order valence-electron chi connectivity index (χ4n) is 2.42. The first-order valence-electron chi connectivity index (χ1n) is 7.21. The van der Waals surface area contributed by atoms with Crippen LogP contribution in [0.4, 0.5) is 0 Å². The summed E-state index contributed by atoms with van der Waals surface area (Å²) in [6, 6.07) is 3.86. The number of carbonyl (C=O) groups excluding carboxylic acids is 1. The number of nitrogens with zero attached hydrogens (tertiary/aromatic N) is 4. The van der Waals surface area contributed by atoms with Gasteiger partial charge in [-0.3, -0.25) is 14.8 Å². The Morgan fingerprint density at radius 1 is 1.38 bits per heavy atom. The zero-order valence-electron chi connectivity index (χ0n) is 12.1. The van der Waals surface area contributed by atoms with Gasteiger partial charge < -0.3 is 9.32 Å². The molecule has 2 aromatic heterocycles. The molecule has 1 N–H and O–H groups in total. The molecule has 0 saturated carbocycles. The van der Waals surface area contributed by atoms with Crippen LogP contribution in [0.3, 0.4) is 0 Å². The molecule has 3 rings (SSSR count). The summed E-state index contributed by atoms with van der Waals surface area (Å²) >= 11 is 0. The molecular weight excluding hydrogens is 270 g/mol. The number of nitrogens with one attached hydrogen (secondary N) is 1. The molecule has 2 aromatic rings. The van der Waals surface area contributed by atoms with E-state index in [4.69, 9.17) is 4.42 Å². The Kier molecular flexibility index (Phi) is 4.01. The normalized spacial score (nSPS) is 16.3. The number of aromatic amines is 1. The quantitative estimate of drug-likeness (QED) is 0.905. The largest absolute Gasteiger partial charge is 0.468 e. The van der Waals surface area contributed by atoms with Gasteiger partial charge in [-0.05, 0) is 12.1 Å². The molecule has 0 unspecified atom stereocenters. The fourth-order valence-corrected chi connectivity index (χ4v) is 2.42. The molecule has 0 bridgehead atoms. The van der Waals surface area contributed by atoms with E-state index in [1.54, 1.807) is 11.2 Å². The molecule has 0 spiro atoms. The Labute approximate surface area is 122 Å². The SMILES string of the molecule is CCc1nc(C(=O)N2CCN(Cc3ccco3)CC2)n[nH]1. The maximum absolute atomic E-state index is 12.3. The van der Waals surface area contributed by atoms with Gasteiger partial charge in [-0.25, -0.2) is 4.98 Å². The van der Waals surface area contributed by atoms with Crippen molar-refractivity contribution < 1.29 is 9.21 Å². The van der Waals surface area contributed by atoms with E-state index in [9.17, 15) is 4.79 Å². The van der Waals surface area contributed by atoms with Crippen LogP contribution >= 0.6 is 0 Å². The fraction of sp³-hybridized carbons (Fsp3) is 0.500. The van der Waals surface area contributed by atoms with Crippen LogP contribution in [0.2, 0.25) is 0 Å². The molecule has 1 fully saturated rings. The van der Waals surface area contributed by atoms with E-state index in [0.29, 0.717) is 13.1 Å². The number of amides is 1. The van der Waals surface area contributed by atoms with Crippen molar-refractivity contribution in [2.45, 2.75) is 19.9 Å². The molecule has 7 heteroatoms. The van der Waals surface area contributed by atoms with Crippen molar-refractivity contribution in [3.8, 4) is 0 Å². The molecule has 0 atom stereocenters. The molecule has 1 amide bonds. The molecule has 0 radical (unpaired) electrons. The van der Waals surface area contributed by atoms with Crippen molar-refractivity contribution in [2.75, 3.05) is 26.2 Å². The highest BCUT2D eigenvalue weighted by molar-refractivity contribution is 5.90. The number of aryl methyl sites for hydroxylation is 1. The van der Waals surface area contributed by atoms with Crippen LogP contribution < -0.4 is 0 Å². The second-order valence-electron chi connectivity index (χ2n) is 5.11. The smallest absolute Gasteiger partial charge is 0.293 e. The first-order chi connectivity index (χ1) is 10.3. The monoisotopic (exact) mass is 289 g/mol. The second-order valence-corrected chi connectivity index (χ2v) is 5.11. The van der Waals surface area contributed by atoms with E-state index < -0.39 is 0 Å². The van der Waals surface area contributed by atoms with Crippen molar-refractivity contribution in [1.29, 1.82) is 0 Å². The standard InChI is InChI=1S/C14H19N5O2/c1-2-12-15-13(17-16-12)14(20)19-7-5-18(6-8-19)10-11-4-3-9-21-11/h3-4,9H,2,5-8,10H2,1H3,(H,15,16,17). The van der Waals surface area contributed by atoms with Crippen molar-refractivity contribution >= 4 is 5.91 Å². The number of furan rings is 1. The molecule has 0 aliphatic carbocycles. The molecule has 7 nitrogen and oxygen atoms in total. The van der Waals surface area contributed by atoms with Gasteiger partial charge in [0.15, 0.2) is 0 Å². The Bertz CT molecular complexity index is 584. The Morgan fingerprint density at radius 3 is 2.81 bits per heavy atom. The molecule has 1 aliphatic rings. The van der Waals surface area contributed by atoms with Gasteiger partial charge in [0, 0.05) is 32.6 Å². The lowest BCUT2D eigenvalue weighted by Gasteiger charge is -2.33. The van der Waals surface area contributed by atoms with Crippen molar-refractivity contribution in [3.63, 3.8) is 0 Å². The minimum absolute atomic E-state index is 0.0939. The molecule has 112 valence electrons. The summed E-state index contributed by atoms with van der Waals surface area (Å²) in [7, 11) is 0. The van der Waals surface area contributed by atoms with Gasteiger partial charge in [0.25, 0.3) is 5.91 Å². The summed E-state index contributed by atoms with van der Waals surface area (Å²) in [6.07, 6.45) is 2.43. The van der Waals surface area contributed by atoms with Gasteiger partial charge in [-0.2, -0.15) is 0 Å². The Morgan fingerprint density at radius 2 is 2.19 bits per heavy atom. The number of hydrogen-bond donors (Lipinski definition) is 1. The van der Waals surface area contributed by atoms with Crippen LogP contribution in [0, 0.1) is 0 Å². The highest BCUT2D eigenvalue weighted by Crippen LogP contribution is 2.10. The summed E-state index contributed by atoms with van der Waals surface area (Å²) in [6.45, 7) is 5.80. The number of hydrogen-bond acceptors (Lipinski definition) is 5. The summed E-state index contributed by atoms with van der Waals surface area (Å²) in [5.74, 6) is 1.88. The van der Waals surface area contributed by atoms with Crippen molar-refractivity contribution in [3.05, 3.63) is 35.8 Å². The summed E-state index contributed by atoms with van der Waals surface area (Å²) in [4.78, 5) is 20.6. The van der Waals surface area contributed by atoms with Gasteiger partial charge in [-0.15, -0.1) is 5.10 Å². The highest BCUT2D eigenvalue weighted by Gasteiger charge is 2.25. The van der Waals surface area contributed by atoms with Crippen LogP contribution in [0.1, 0.15) is 29.1 Å². The zero-order valence-corrected chi connectivity index (χ0v) is 12.1. The highest BCUT2D eigenvalue weighted by atomic mass is 16.3. The number of piperazine rings is 1. The minimum atomic E-state index is -0.0939. The summed E-state index contributed by atoms with van der Waals surface area (Å²) < 4.78 is 5.35. The van der Waals surface area contributed by atoms with E-state index in [-0.39, 0.29) is 11.7 Å². The molecule has 3 heterocycles. The lowest BCUT2D eigenvalue weighted by atomic mass is 10.3. The second kappa shape index (κ2) is 6.09. The summed E-state index contributed by atoms with van der Waals surface area (Å²) in [5.41, 5.74) is 0. The van der Waals surface area contributed by atoms with Crippen LogP contribution in [0.25, 0.3) is 0 Å². The van der Waals surface area contributed by atoms with E-state index >= 15 is 0 Å². The van der Waals surface area contributed by atoms with Gasteiger partial charge in [-0.1, -0.05) is 6.92 Å². The van der Waals surface area contributed by atoms with Crippen LogP contribution in [-0.2, 0) is 13.0 Å². The molecule has 21 heavy (non-hydrogen) atoms. The average molecular weight is 289 g/mol. The molecule has 1 saturated heterocycles. The van der Waals surface area contributed by atoms with Crippen LogP contribution in [-0.4, -0.2) is 57.1 Å². The number of H-pyrrole nitrogens is 1. The van der Waals surface area contributed by atoms with Gasteiger partial charge in [0.2, 0.25) is 5.82 Å².